The first-order valence-corrected chi connectivity index (χ1v) is 4.58. The topological polar surface area (TPSA) is 48.1 Å². The number of hydrogen-bond acceptors (Lipinski definition) is 2. The average Bonchev–Trinajstić information content (AvgIpc) is 2.13. The van der Waals surface area contributed by atoms with E-state index in [9.17, 15) is 0 Å². The van der Waals surface area contributed by atoms with Crippen molar-refractivity contribution in [1.29, 1.82) is 0 Å². The van der Waals surface area contributed by atoms with Gasteiger partial charge >= 0.3 is 0 Å². The normalized spacial score (nSPS) is 10.9. The van der Waals surface area contributed by atoms with Gasteiger partial charge in [0.15, 0.2) is 10.2 Å². The molecule has 0 spiro atoms. The van der Waals surface area contributed by atoms with E-state index in [0.29, 0.717) is 10.2 Å². The van der Waals surface area contributed by atoms with Crippen LogP contribution < -0.4 is 21.5 Å². The van der Waals surface area contributed by atoms with Crippen LogP contribution in [0, 0.1) is 0 Å². The molecule has 74 valence electrons. The molecule has 13 heavy (non-hydrogen) atoms. The van der Waals surface area contributed by atoms with E-state index in [0.717, 1.165) is 0 Å². The summed E-state index contributed by atoms with van der Waals surface area (Å²) < 4.78 is 0. The van der Waals surface area contributed by atoms with Gasteiger partial charge in [-0.1, -0.05) is 6.08 Å². The molecule has 1 atom stereocenters. The lowest BCUT2D eigenvalue weighted by Gasteiger charge is -2.14. The van der Waals surface area contributed by atoms with Gasteiger partial charge in [0.05, 0.1) is 0 Å². The van der Waals surface area contributed by atoms with E-state index in [4.69, 9.17) is 24.4 Å². The van der Waals surface area contributed by atoms with Crippen LogP contribution in [0.5, 0.6) is 0 Å². The summed E-state index contributed by atoms with van der Waals surface area (Å²) in [6.07, 6.45) is 1.75. The van der Waals surface area contributed by atoms with Crippen molar-refractivity contribution < 1.29 is 0 Å². The first-order chi connectivity index (χ1) is 6.10. The molecule has 0 saturated carbocycles. The van der Waals surface area contributed by atoms with Crippen molar-refractivity contribution in [2.45, 2.75) is 13.0 Å². The van der Waals surface area contributed by atoms with Crippen LogP contribution in [-0.2, 0) is 0 Å². The minimum atomic E-state index is 0.130. The minimum Gasteiger partial charge on any atom is -0.364 e. The maximum absolute atomic E-state index is 4.94. The van der Waals surface area contributed by atoms with Gasteiger partial charge in [-0.15, -0.1) is 6.58 Å². The zero-order valence-corrected chi connectivity index (χ0v) is 9.31. The highest BCUT2D eigenvalue weighted by molar-refractivity contribution is 7.80. The Morgan fingerprint density at radius 2 is 1.85 bits per heavy atom. The Kier molecular flexibility index (Phi) is 6.17. The quantitative estimate of drug-likeness (QED) is 0.298. The molecule has 0 aromatic heterocycles. The molecule has 0 aliphatic heterocycles. The monoisotopic (exact) mass is 218 g/mol. The van der Waals surface area contributed by atoms with Gasteiger partial charge in [0.25, 0.3) is 0 Å². The maximum atomic E-state index is 4.94. The molecule has 0 fully saturated rings. The Morgan fingerprint density at radius 1 is 1.31 bits per heavy atom. The molecule has 4 N–H and O–H groups in total. The van der Waals surface area contributed by atoms with Crippen molar-refractivity contribution in [1.82, 2.24) is 21.5 Å². The second kappa shape index (κ2) is 6.62. The van der Waals surface area contributed by atoms with Crippen molar-refractivity contribution in [3.8, 4) is 0 Å². The molecule has 0 unspecified atom stereocenters. The zero-order chi connectivity index (χ0) is 10.3. The maximum Gasteiger partial charge on any atom is 0.185 e. The Hall–Kier alpha value is -0.880. The van der Waals surface area contributed by atoms with Crippen LogP contribution in [0.3, 0.4) is 0 Å². The summed E-state index contributed by atoms with van der Waals surface area (Å²) >= 11 is 9.77. The second-order valence-electron chi connectivity index (χ2n) is 2.33. The van der Waals surface area contributed by atoms with Crippen LogP contribution in [0.4, 0.5) is 0 Å². The van der Waals surface area contributed by atoms with Gasteiger partial charge < -0.3 is 10.6 Å². The van der Waals surface area contributed by atoms with Crippen LogP contribution in [-0.4, -0.2) is 23.3 Å². The van der Waals surface area contributed by atoms with Crippen LogP contribution >= 0.6 is 24.4 Å². The van der Waals surface area contributed by atoms with Gasteiger partial charge in [-0.3, -0.25) is 10.9 Å². The van der Waals surface area contributed by atoms with Crippen molar-refractivity contribution >= 4 is 34.7 Å². The standard InChI is InChI=1S/C7H14N4S2/c1-4-5(2)9-7(13)11-10-6(12)8-3/h4-5H,1H2,2-3H3,(H2,8,10,12)(H2,9,11,13)/t5-/m0/s1. The van der Waals surface area contributed by atoms with Crippen LogP contribution in [0.25, 0.3) is 0 Å². The lowest BCUT2D eigenvalue weighted by atomic mass is 10.3. The highest BCUT2D eigenvalue weighted by Gasteiger charge is 1.98. The van der Waals surface area contributed by atoms with E-state index in [1.165, 1.54) is 0 Å². The van der Waals surface area contributed by atoms with Gasteiger partial charge in [0.2, 0.25) is 0 Å². The van der Waals surface area contributed by atoms with E-state index in [1.54, 1.807) is 13.1 Å². The summed E-state index contributed by atoms with van der Waals surface area (Å²) in [5.74, 6) is 0. The van der Waals surface area contributed by atoms with Gasteiger partial charge in [-0.25, -0.2) is 0 Å². The molecular formula is C7H14N4S2. The predicted octanol–water partition coefficient (Wildman–Crippen LogP) is 0.0339. The van der Waals surface area contributed by atoms with Gasteiger partial charge in [-0.2, -0.15) is 0 Å². The lowest BCUT2D eigenvalue weighted by molar-refractivity contribution is 0.751. The molecule has 0 aliphatic rings. The molecule has 4 nitrogen and oxygen atoms in total. The summed E-state index contributed by atoms with van der Waals surface area (Å²) in [6, 6.07) is 0.130. The van der Waals surface area contributed by atoms with Gasteiger partial charge in [-0.05, 0) is 31.4 Å². The summed E-state index contributed by atoms with van der Waals surface area (Å²) in [5, 5.41) is 6.66. The fraction of sp³-hybridized carbons (Fsp3) is 0.429. The van der Waals surface area contributed by atoms with Crippen LogP contribution in [0.1, 0.15) is 6.92 Å². The summed E-state index contributed by atoms with van der Waals surface area (Å²) in [6.45, 7) is 5.56. The molecule has 0 radical (unpaired) electrons. The fourth-order valence-corrected chi connectivity index (χ4v) is 0.766. The third-order valence-electron chi connectivity index (χ3n) is 1.23. The molecule has 6 heteroatoms. The van der Waals surface area contributed by atoms with Crippen molar-refractivity contribution in [2.75, 3.05) is 7.05 Å². The largest absolute Gasteiger partial charge is 0.364 e. The Morgan fingerprint density at radius 3 is 2.31 bits per heavy atom. The van der Waals surface area contributed by atoms with Crippen LogP contribution in [0.2, 0.25) is 0 Å². The number of hydrazine groups is 1. The third kappa shape index (κ3) is 6.30. The third-order valence-corrected chi connectivity index (χ3v) is 1.76. The van der Waals surface area contributed by atoms with E-state index in [2.05, 4.69) is 28.1 Å². The summed E-state index contributed by atoms with van der Waals surface area (Å²) in [5.41, 5.74) is 5.41. The molecule has 0 saturated heterocycles. The zero-order valence-electron chi connectivity index (χ0n) is 7.68. The van der Waals surface area contributed by atoms with Crippen LogP contribution in [0.15, 0.2) is 12.7 Å². The highest BCUT2D eigenvalue weighted by atomic mass is 32.1. The summed E-state index contributed by atoms with van der Waals surface area (Å²) in [7, 11) is 1.72. The second-order valence-corrected chi connectivity index (χ2v) is 3.14. The van der Waals surface area contributed by atoms with Crippen molar-refractivity contribution in [3.63, 3.8) is 0 Å². The van der Waals surface area contributed by atoms with E-state index >= 15 is 0 Å². The van der Waals surface area contributed by atoms with Crippen molar-refractivity contribution in [2.24, 2.45) is 0 Å². The molecule has 0 aromatic carbocycles. The fourth-order valence-electron chi connectivity index (χ4n) is 0.478. The average molecular weight is 218 g/mol. The Balaban J connectivity index is 3.63. The van der Waals surface area contributed by atoms with E-state index < -0.39 is 0 Å². The number of hydrogen-bond donors (Lipinski definition) is 4. The smallest absolute Gasteiger partial charge is 0.185 e. The first-order valence-electron chi connectivity index (χ1n) is 3.77. The molecule has 0 aromatic rings. The number of nitrogens with one attached hydrogen (secondary N) is 4. The molecule has 0 amide bonds. The van der Waals surface area contributed by atoms with Crippen molar-refractivity contribution in [3.05, 3.63) is 12.7 Å². The van der Waals surface area contributed by atoms with E-state index in [1.807, 2.05) is 6.92 Å². The Bertz CT molecular complexity index is 205. The van der Waals surface area contributed by atoms with Gasteiger partial charge in [0, 0.05) is 13.1 Å². The predicted molar refractivity (Wildman–Crippen MR) is 63.3 cm³/mol. The highest BCUT2D eigenvalue weighted by Crippen LogP contribution is 1.79. The molecule has 0 bridgehead atoms. The van der Waals surface area contributed by atoms with Gasteiger partial charge in [0.1, 0.15) is 0 Å². The Labute approximate surface area is 89.1 Å². The first kappa shape index (κ1) is 12.1. The molecular weight excluding hydrogens is 204 g/mol. The number of thiocarbonyl (C=S) groups is 2. The SMILES string of the molecule is C=C[C@H](C)NC(=S)NNC(=S)NC. The summed E-state index contributed by atoms with van der Waals surface area (Å²) in [4.78, 5) is 0. The molecule has 0 rings (SSSR count). The number of rotatable bonds is 2. The lowest BCUT2D eigenvalue weighted by Crippen LogP contribution is -2.50. The minimum absolute atomic E-state index is 0.130. The van der Waals surface area contributed by atoms with E-state index in [-0.39, 0.29) is 6.04 Å². The molecule has 0 heterocycles. The molecule has 0 aliphatic carbocycles.